The zero-order valence-corrected chi connectivity index (χ0v) is 9.91. The Morgan fingerprint density at radius 1 is 1.31 bits per heavy atom. The lowest BCUT2D eigenvalue weighted by Crippen LogP contribution is -2.29. The van der Waals surface area contributed by atoms with Crippen molar-refractivity contribution in [2.24, 2.45) is 5.92 Å². The molecule has 1 saturated carbocycles. The fourth-order valence-corrected chi connectivity index (χ4v) is 1.70. The summed E-state index contributed by atoms with van der Waals surface area (Å²) in [7, 11) is 1.76. The summed E-state index contributed by atoms with van der Waals surface area (Å²) in [6, 6.07) is 0.00783. The van der Waals surface area contributed by atoms with Crippen molar-refractivity contribution in [3.8, 4) is 0 Å². The van der Waals surface area contributed by atoms with Gasteiger partial charge in [-0.25, -0.2) is 0 Å². The Hall–Kier alpha value is -1.03. The molecule has 1 fully saturated rings. The molecule has 1 rings (SSSR count). The minimum absolute atomic E-state index is 0.00772. The number of rotatable bonds is 8. The van der Waals surface area contributed by atoms with Gasteiger partial charge in [-0.2, -0.15) is 0 Å². The van der Waals surface area contributed by atoms with Gasteiger partial charge in [0.1, 0.15) is 5.78 Å². The molecular weight excluding hydrogens is 206 g/mol. The maximum atomic E-state index is 11.5. The number of hydrogen-bond acceptors (Lipinski definition) is 4. The van der Waals surface area contributed by atoms with Gasteiger partial charge >= 0.3 is 0 Å². The lowest BCUT2D eigenvalue weighted by molar-refractivity contribution is -0.137. The summed E-state index contributed by atoms with van der Waals surface area (Å²) in [5.74, 6) is -0.377. The molecule has 0 heterocycles. The van der Waals surface area contributed by atoms with Gasteiger partial charge in [0.05, 0.1) is 0 Å². The second-order valence-corrected chi connectivity index (χ2v) is 4.49. The van der Waals surface area contributed by atoms with E-state index < -0.39 is 0 Å². The van der Waals surface area contributed by atoms with E-state index in [9.17, 15) is 14.4 Å². The molecule has 0 aromatic heterocycles. The van der Waals surface area contributed by atoms with Gasteiger partial charge in [0.25, 0.3) is 0 Å². The Labute approximate surface area is 95.8 Å². The summed E-state index contributed by atoms with van der Waals surface area (Å²) in [6.07, 6.45) is 2.98. The molecule has 90 valence electrons. The third kappa shape index (κ3) is 4.23. The van der Waals surface area contributed by atoms with Gasteiger partial charge in [-0.15, -0.1) is 0 Å². The van der Waals surface area contributed by atoms with Crippen molar-refractivity contribution in [2.75, 3.05) is 7.05 Å². The predicted molar refractivity (Wildman–Crippen MR) is 60.1 cm³/mol. The van der Waals surface area contributed by atoms with Crippen LogP contribution in [-0.2, 0) is 14.4 Å². The van der Waals surface area contributed by atoms with Gasteiger partial charge in [0, 0.05) is 24.8 Å². The lowest BCUT2D eigenvalue weighted by atomic mass is 10.0. The number of Topliss-reactive ketones (excluding diaryl/α,β-unsaturated/α-hetero) is 3. The molecule has 1 aliphatic carbocycles. The molecule has 1 aliphatic rings. The third-order valence-corrected chi connectivity index (χ3v) is 2.88. The molecule has 0 aromatic rings. The van der Waals surface area contributed by atoms with E-state index in [1.807, 2.05) is 0 Å². The minimum atomic E-state index is -0.272. The molecule has 0 unspecified atom stereocenters. The predicted octanol–water partition coefficient (Wildman–Crippen LogP) is 0.882. The first-order chi connectivity index (χ1) is 7.54. The average Bonchev–Trinajstić information content (AvgIpc) is 3.05. The summed E-state index contributed by atoms with van der Waals surface area (Å²) in [6.45, 7) is 1.53. The summed E-state index contributed by atoms with van der Waals surface area (Å²) in [5.41, 5.74) is 0. The molecule has 4 heteroatoms. The topological polar surface area (TPSA) is 63.2 Å². The minimum Gasteiger partial charge on any atom is -0.317 e. The van der Waals surface area contributed by atoms with E-state index in [-0.39, 0.29) is 35.7 Å². The normalized spacial score (nSPS) is 16.9. The molecule has 1 atom stereocenters. The molecule has 0 saturated heterocycles. The maximum absolute atomic E-state index is 11.5. The van der Waals surface area contributed by atoms with Crippen molar-refractivity contribution in [1.29, 1.82) is 0 Å². The molecule has 1 N–H and O–H groups in total. The fraction of sp³-hybridized carbons (Fsp3) is 0.750. The van der Waals surface area contributed by atoms with Gasteiger partial charge in [-0.05, 0) is 33.2 Å². The highest BCUT2D eigenvalue weighted by Crippen LogP contribution is 2.30. The number of carbonyl (C=O) groups is 3. The Bertz CT molecular complexity index is 295. The van der Waals surface area contributed by atoms with Crippen molar-refractivity contribution >= 4 is 17.3 Å². The lowest BCUT2D eigenvalue weighted by Gasteiger charge is -2.13. The number of nitrogens with one attached hydrogen (secondary N) is 1. The SMILES string of the molecule is CN[C@@H](CCC(=O)C(=O)C1CC1)CC(C)=O. The number of ketones is 3. The van der Waals surface area contributed by atoms with E-state index in [4.69, 9.17) is 0 Å². The van der Waals surface area contributed by atoms with Gasteiger partial charge in [-0.3, -0.25) is 14.4 Å². The van der Waals surface area contributed by atoms with Crippen LogP contribution in [0.5, 0.6) is 0 Å². The molecule has 0 bridgehead atoms. The fourth-order valence-electron chi connectivity index (χ4n) is 1.70. The van der Waals surface area contributed by atoms with Crippen LogP contribution >= 0.6 is 0 Å². The van der Waals surface area contributed by atoms with Gasteiger partial charge in [0.15, 0.2) is 5.78 Å². The van der Waals surface area contributed by atoms with Crippen LogP contribution in [0, 0.1) is 5.92 Å². The maximum Gasteiger partial charge on any atom is 0.201 e. The Kier molecular flexibility index (Phi) is 4.80. The first-order valence-electron chi connectivity index (χ1n) is 5.78. The third-order valence-electron chi connectivity index (χ3n) is 2.88. The Morgan fingerprint density at radius 2 is 1.94 bits per heavy atom. The van der Waals surface area contributed by atoms with E-state index in [1.165, 1.54) is 6.92 Å². The van der Waals surface area contributed by atoms with E-state index in [0.717, 1.165) is 12.8 Å². The number of carbonyl (C=O) groups excluding carboxylic acids is 3. The van der Waals surface area contributed by atoms with Gasteiger partial charge in [-0.1, -0.05) is 0 Å². The zero-order chi connectivity index (χ0) is 12.1. The second kappa shape index (κ2) is 5.89. The van der Waals surface area contributed by atoms with Crippen molar-refractivity contribution in [3.05, 3.63) is 0 Å². The van der Waals surface area contributed by atoms with Crippen LogP contribution in [0.4, 0.5) is 0 Å². The molecule has 0 aliphatic heterocycles. The summed E-state index contributed by atoms with van der Waals surface area (Å²) < 4.78 is 0. The first kappa shape index (κ1) is 13.0. The largest absolute Gasteiger partial charge is 0.317 e. The highest BCUT2D eigenvalue weighted by Gasteiger charge is 2.33. The van der Waals surface area contributed by atoms with Crippen molar-refractivity contribution in [2.45, 2.75) is 45.1 Å². The molecule has 4 nitrogen and oxygen atoms in total. The monoisotopic (exact) mass is 225 g/mol. The van der Waals surface area contributed by atoms with Crippen molar-refractivity contribution < 1.29 is 14.4 Å². The standard InChI is InChI=1S/C12H19NO3/c1-8(14)7-10(13-2)5-6-11(15)12(16)9-3-4-9/h9-10,13H,3-7H2,1-2H3/t10-/m0/s1. The van der Waals surface area contributed by atoms with E-state index in [1.54, 1.807) is 7.05 Å². The molecule has 0 amide bonds. The first-order valence-corrected chi connectivity index (χ1v) is 5.78. The highest BCUT2D eigenvalue weighted by atomic mass is 16.2. The van der Waals surface area contributed by atoms with Crippen LogP contribution in [0.1, 0.15) is 39.0 Å². The van der Waals surface area contributed by atoms with Crippen molar-refractivity contribution in [3.63, 3.8) is 0 Å². The number of hydrogen-bond donors (Lipinski definition) is 1. The van der Waals surface area contributed by atoms with Crippen LogP contribution in [0.25, 0.3) is 0 Å². The zero-order valence-electron chi connectivity index (χ0n) is 9.91. The quantitative estimate of drug-likeness (QED) is 0.623. The molecular formula is C12H19NO3. The summed E-state index contributed by atoms with van der Waals surface area (Å²) in [5, 5.41) is 2.99. The van der Waals surface area contributed by atoms with E-state index in [2.05, 4.69) is 5.32 Å². The van der Waals surface area contributed by atoms with Crippen LogP contribution < -0.4 is 5.32 Å². The highest BCUT2D eigenvalue weighted by molar-refractivity contribution is 6.38. The summed E-state index contributed by atoms with van der Waals surface area (Å²) in [4.78, 5) is 33.8. The average molecular weight is 225 g/mol. The van der Waals surface area contributed by atoms with Crippen molar-refractivity contribution in [1.82, 2.24) is 5.32 Å². The van der Waals surface area contributed by atoms with Gasteiger partial charge in [0.2, 0.25) is 5.78 Å². The Morgan fingerprint density at radius 3 is 2.38 bits per heavy atom. The van der Waals surface area contributed by atoms with E-state index in [0.29, 0.717) is 12.8 Å². The van der Waals surface area contributed by atoms with Gasteiger partial charge < -0.3 is 5.32 Å². The second-order valence-electron chi connectivity index (χ2n) is 4.49. The van der Waals surface area contributed by atoms with E-state index >= 15 is 0 Å². The Balaban J connectivity index is 2.28. The molecule has 0 radical (unpaired) electrons. The summed E-state index contributed by atoms with van der Waals surface area (Å²) >= 11 is 0. The van der Waals surface area contributed by atoms with Crippen LogP contribution in [-0.4, -0.2) is 30.4 Å². The smallest absolute Gasteiger partial charge is 0.201 e. The van der Waals surface area contributed by atoms with Crippen LogP contribution in [0.3, 0.4) is 0 Å². The van der Waals surface area contributed by atoms with Crippen LogP contribution in [0.2, 0.25) is 0 Å². The molecule has 0 spiro atoms. The molecule has 0 aromatic carbocycles. The molecule has 16 heavy (non-hydrogen) atoms. The van der Waals surface area contributed by atoms with Crippen LogP contribution in [0.15, 0.2) is 0 Å².